The van der Waals surface area contributed by atoms with Gasteiger partial charge >= 0.3 is 0 Å². The molecule has 2 heteroatoms. The molecule has 0 saturated carbocycles. The van der Waals surface area contributed by atoms with Crippen molar-refractivity contribution in [3.63, 3.8) is 0 Å². The molecule has 92 valence electrons. The smallest absolute Gasteiger partial charge is 0.245 e. The molecule has 0 amide bonds. The normalized spacial score (nSPS) is 30.8. The summed E-state index contributed by atoms with van der Waals surface area (Å²) >= 11 is 0. The molecule has 0 aromatic carbocycles. The van der Waals surface area contributed by atoms with Gasteiger partial charge in [0, 0.05) is 7.11 Å². The molecule has 1 aliphatic rings. The Bertz CT molecular complexity index is 288. The highest BCUT2D eigenvalue weighted by molar-refractivity contribution is 6.86. The topological polar surface area (TPSA) is 9.23 Å². The van der Waals surface area contributed by atoms with E-state index in [9.17, 15) is 0 Å². The number of hydrogen-bond donors (Lipinski definition) is 0. The highest BCUT2D eigenvalue weighted by Crippen LogP contribution is 2.42. The maximum Gasteiger partial charge on any atom is 0.245 e. The van der Waals surface area contributed by atoms with Crippen molar-refractivity contribution in [1.82, 2.24) is 0 Å². The van der Waals surface area contributed by atoms with Crippen LogP contribution in [-0.2, 0) is 4.43 Å². The molecule has 1 heterocycles. The molecule has 0 fully saturated rings. The second-order valence-corrected chi connectivity index (χ2v) is 11.0. The number of rotatable bonds is 1. The summed E-state index contributed by atoms with van der Waals surface area (Å²) in [5.74, 6) is 0.533. The lowest BCUT2D eigenvalue weighted by Gasteiger charge is -2.40. The summed E-state index contributed by atoms with van der Waals surface area (Å²) in [6, 6.07) is 0. The molecule has 0 N–H and O–H groups in total. The fraction of sp³-hybridized carbons (Fsp3) is 0.714. The summed E-state index contributed by atoms with van der Waals surface area (Å²) in [5.41, 5.74) is 5.03. The van der Waals surface area contributed by atoms with Crippen LogP contribution in [-0.4, -0.2) is 15.4 Å². The molecule has 0 atom stereocenters. The molecule has 0 aromatic heterocycles. The van der Waals surface area contributed by atoms with Gasteiger partial charge in [0.1, 0.15) is 0 Å². The minimum atomic E-state index is -1.84. The van der Waals surface area contributed by atoms with E-state index in [2.05, 4.69) is 65.1 Å². The van der Waals surface area contributed by atoms with Crippen LogP contribution in [0.1, 0.15) is 41.5 Å². The van der Waals surface area contributed by atoms with Gasteiger partial charge < -0.3 is 4.43 Å². The Morgan fingerprint density at radius 1 is 0.938 bits per heavy atom. The largest absolute Gasteiger partial charge is 0.412 e. The van der Waals surface area contributed by atoms with E-state index in [1.54, 1.807) is 0 Å². The predicted octanol–water partition coefficient (Wildman–Crippen LogP) is 4.25. The van der Waals surface area contributed by atoms with E-state index >= 15 is 0 Å². The molecule has 1 rings (SSSR count). The average Bonchev–Trinajstić information content (AvgIpc) is 2.14. The zero-order valence-electron chi connectivity index (χ0n) is 11.8. The maximum atomic E-state index is 5.87. The quantitative estimate of drug-likeness (QED) is 0.621. The Morgan fingerprint density at radius 3 is 1.62 bits per heavy atom. The van der Waals surface area contributed by atoms with Gasteiger partial charge in [-0.2, -0.15) is 0 Å². The molecule has 0 aromatic rings. The lowest BCUT2D eigenvalue weighted by atomic mass is 9.81. The Morgan fingerprint density at radius 2 is 1.38 bits per heavy atom. The highest BCUT2D eigenvalue weighted by Gasteiger charge is 2.43. The molecule has 0 bridgehead atoms. The second-order valence-electron chi connectivity index (χ2n) is 6.86. The molecular formula is C14H26OSi. The van der Waals surface area contributed by atoms with Gasteiger partial charge in [0.2, 0.25) is 8.32 Å². The maximum absolute atomic E-state index is 5.87. The minimum absolute atomic E-state index is 0.220. The molecule has 0 saturated heterocycles. The van der Waals surface area contributed by atoms with Gasteiger partial charge in [0.05, 0.1) is 0 Å². The molecule has 0 spiro atoms. The third-order valence-electron chi connectivity index (χ3n) is 3.61. The molecule has 1 aliphatic heterocycles. The highest BCUT2D eigenvalue weighted by atomic mass is 28.4. The van der Waals surface area contributed by atoms with Crippen molar-refractivity contribution in [3.8, 4) is 0 Å². The first-order valence-corrected chi connectivity index (χ1v) is 8.12. The van der Waals surface area contributed by atoms with E-state index in [1.807, 2.05) is 7.11 Å². The first-order valence-electron chi connectivity index (χ1n) is 6.06. The Labute approximate surface area is 102 Å². The SMILES string of the molecule is CO[Si]1(C(C)(C)C)C=CC(C(C)(C)C)C=C1. The van der Waals surface area contributed by atoms with Crippen molar-refractivity contribution < 1.29 is 4.43 Å². The van der Waals surface area contributed by atoms with Crippen molar-refractivity contribution in [2.75, 3.05) is 7.11 Å². The Hall–Kier alpha value is -0.343. The molecule has 0 aliphatic carbocycles. The van der Waals surface area contributed by atoms with E-state index in [0.717, 1.165) is 0 Å². The summed E-state index contributed by atoms with van der Waals surface area (Å²) in [5, 5.41) is 0.220. The summed E-state index contributed by atoms with van der Waals surface area (Å²) < 4.78 is 5.87. The van der Waals surface area contributed by atoms with E-state index in [4.69, 9.17) is 4.43 Å². The van der Waals surface area contributed by atoms with E-state index in [1.165, 1.54) is 0 Å². The van der Waals surface area contributed by atoms with Gasteiger partial charge in [-0.25, -0.2) is 0 Å². The van der Waals surface area contributed by atoms with Crippen LogP contribution in [0.3, 0.4) is 0 Å². The van der Waals surface area contributed by atoms with Gasteiger partial charge in [-0.15, -0.1) is 0 Å². The molecular weight excluding hydrogens is 212 g/mol. The standard InChI is InChI=1S/C14H26OSi/c1-13(2,3)12-8-10-16(15-7,11-9-12)14(4,5)6/h8-12H,1-7H3. The third kappa shape index (κ3) is 2.49. The van der Waals surface area contributed by atoms with Crippen molar-refractivity contribution in [3.05, 3.63) is 23.6 Å². The van der Waals surface area contributed by atoms with Crippen molar-refractivity contribution >= 4 is 8.32 Å². The van der Waals surface area contributed by atoms with Crippen LogP contribution in [0.2, 0.25) is 5.04 Å². The number of hydrogen-bond acceptors (Lipinski definition) is 1. The fourth-order valence-electron chi connectivity index (χ4n) is 2.13. The lowest BCUT2D eigenvalue weighted by molar-refractivity contribution is 0.338. The summed E-state index contributed by atoms with van der Waals surface area (Å²) in [6.07, 6.45) is 4.70. The Balaban J connectivity index is 2.98. The zero-order chi connectivity index (χ0) is 12.6. The van der Waals surface area contributed by atoms with Crippen LogP contribution in [0.25, 0.3) is 0 Å². The van der Waals surface area contributed by atoms with Gasteiger partial charge in [0.25, 0.3) is 0 Å². The first-order chi connectivity index (χ1) is 7.12. The molecule has 0 radical (unpaired) electrons. The van der Waals surface area contributed by atoms with Gasteiger partial charge in [0.15, 0.2) is 0 Å². The van der Waals surface area contributed by atoms with Crippen LogP contribution in [0.4, 0.5) is 0 Å². The fourth-order valence-corrected chi connectivity index (χ4v) is 5.11. The van der Waals surface area contributed by atoms with E-state index in [0.29, 0.717) is 11.3 Å². The minimum Gasteiger partial charge on any atom is -0.412 e. The molecule has 0 unspecified atom stereocenters. The van der Waals surface area contributed by atoms with E-state index in [-0.39, 0.29) is 5.04 Å². The van der Waals surface area contributed by atoms with Gasteiger partial charge in [-0.1, -0.05) is 65.1 Å². The van der Waals surface area contributed by atoms with Crippen LogP contribution >= 0.6 is 0 Å². The monoisotopic (exact) mass is 238 g/mol. The Kier molecular flexibility index (Phi) is 3.56. The van der Waals surface area contributed by atoms with Crippen molar-refractivity contribution in [1.29, 1.82) is 0 Å². The summed E-state index contributed by atoms with van der Waals surface area (Å²) in [4.78, 5) is 0. The predicted molar refractivity (Wildman–Crippen MR) is 73.7 cm³/mol. The van der Waals surface area contributed by atoms with Crippen molar-refractivity contribution in [2.45, 2.75) is 46.6 Å². The third-order valence-corrected chi connectivity index (χ3v) is 8.01. The summed E-state index contributed by atoms with van der Waals surface area (Å²) in [6.45, 7) is 13.7. The second kappa shape index (κ2) is 4.15. The van der Waals surface area contributed by atoms with E-state index < -0.39 is 8.32 Å². The van der Waals surface area contributed by atoms with Gasteiger partial charge in [-0.05, 0) is 16.4 Å². The first kappa shape index (κ1) is 13.7. The molecule has 1 nitrogen and oxygen atoms in total. The summed E-state index contributed by atoms with van der Waals surface area (Å²) in [7, 11) is 0.0108. The molecule has 16 heavy (non-hydrogen) atoms. The van der Waals surface area contributed by atoms with Gasteiger partial charge in [-0.3, -0.25) is 0 Å². The van der Waals surface area contributed by atoms with Crippen LogP contribution in [0, 0.1) is 11.3 Å². The van der Waals surface area contributed by atoms with Crippen LogP contribution in [0.15, 0.2) is 23.6 Å². The number of allylic oxidation sites excluding steroid dienone is 2. The lowest BCUT2D eigenvalue weighted by Crippen LogP contribution is -2.45. The van der Waals surface area contributed by atoms with Crippen molar-refractivity contribution in [2.24, 2.45) is 11.3 Å². The van der Waals surface area contributed by atoms with Crippen LogP contribution < -0.4 is 0 Å². The van der Waals surface area contributed by atoms with Crippen LogP contribution in [0.5, 0.6) is 0 Å². The average molecular weight is 238 g/mol. The zero-order valence-corrected chi connectivity index (χ0v) is 12.8.